The van der Waals surface area contributed by atoms with Crippen LogP contribution in [-0.4, -0.2) is 30.8 Å². The highest BCUT2D eigenvalue weighted by Crippen LogP contribution is 2.23. The summed E-state index contributed by atoms with van der Waals surface area (Å²) < 4.78 is 5.47. The third kappa shape index (κ3) is 1.65. The van der Waals surface area contributed by atoms with Gasteiger partial charge in [0.05, 0.1) is 6.04 Å². The van der Waals surface area contributed by atoms with Crippen molar-refractivity contribution in [1.82, 2.24) is 15.5 Å². The molecule has 1 aromatic heterocycles. The summed E-state index contributed by atoms with van der Waals surface area (Å²) in [5.74, 6) is 0.709. The summed E-state index contributed by atoms with van der Waals surface area (Å²) in [5.41, 5.74) is 0. The maximum atomic E-state index is 5.47. The Morgan fingerprint density at radius 1 is 1.46 bits per heavy atom. The summed E-state index contributed by atoms with van der Waals surface area (Å²) >= 11 is 0. The molecule has 0 radical (unpaired) electrons. The van der Waals surface area contributed by atoms with Crippen molar-refractivity contribution in [2.45, 2.75) is 18.9 Å². The van der Waals surface area contributed by atoms with Gasteiger partial charge in [0.25, 0.3) is 0 Å². The Bertz CT molecular complexity index is 277. The molecule has 1 atom stereocenters. The molecular formula is C8H14N4O. The van der Waals surface area contributed by atoms with E-state index in [1.807, 2.05) is 19.0 Å². The molecule has 0 aromatic carbocycles. The lowest BCUT2D eigenvalue weighted by Gasteiger charge is -2.05. The topological polar surface area (TPSA) is 54.2 Å². The molecule has 1 N–H and O–H groups in total. The second kappa shape index (κ2) is 3.33. The lowest BCUT2D eigenvalue weighted by molar-refractivity contribution is 0.432. The maximum Gasteiger partial charge on any atom is 0.317 e. The second-order valence-corrected chi connectivity index (χ2v) is 3.47. The standard InChI is InChI=1S/C8H14N4O/c1-12(2)8-11-10-7(13-8)6-4-3-5-9-6/h6,9H,3-5H2,1-2H3. The normalized spacial score (nSPS) is 22.2. The minimum atomic E-state index is 0.265. The molecule has 0 spiro atoms. The van der Waals surface area contributed by atoms with Crippen molar-refractivity contribution in [1.29, 1.82) is 0 Å². The first-order chi connectivity index (χ1) is 6.27. The number of aromatic nitrogens is 2. The molecule has 1 saturated heterocycles. The first-order valence-corrected chi connectivity index (χ1v) is 4.51. The average molecular weight is 182 g/mol. The fourth-order valence-corrected chi connectivity index (χ4v) is 1.44. The highest BCUT2D eigenvalue weighted by Gasteiger charge is 2.22. The van der Waals surface area contributed by atoms with E-state index in [0.717, 1.165) is 13.0 Å². The molecule has 0 bridgehead atoms. The molecule has 1 aromatic rings. The van der Waals surface area contributed by atoms with Crippen LogP contribution in [0.1, 0.15) is 24.8 Å². The number of hydrogen-bond acceptors (Lipinski definition) is 5. The van der Waals surface area contributed by atoms with Gasteiger partial charge in [0.1, 0.15) is 0 Å². The third-order valence-corrected chi connectivity index (χ3v) is 2.17. The Morgan fingerprint density at radius 3 is 2.85 bits per heavy atom. The molecule has 5 nitrogen and oxygen atoms in total. The second-order valence-electron chi connectivity index (χ2n) is 3.47. The first kappa shape index (κ1) is 8.50. The maximum absolute atomic E-state index is 5.47. The molecule has 1 aliphatic rings. The van der Waals surface area contributed by atoms with Gasteiger partial charge in [0.15, 0.2) is 0 Å². The van der Waals surface area contributed by atoms with E-state index in [4.69, 9.17) is 4.42 Å². The summed E-state index contributed by atoms with van der Waals surface area (Å²) in [6.07, 6.45) is 2.28. The van der Waals surface area contributed by atoms with Gasteiger partial charge in [-0.25, -0.2) is 0 Å². The molecule has 2 rings (SSSR count). The van der Waals surface area contributed by atoms with Gasteiger partial charge < -0.3 is 14.6 Å². The van der Waals surface area contributed by atoms with Crippen LogP contribution in [0.3, 0.4) is 0 Å². The van der Waals surface area contributed by atoms with Crippen molar-refractivity contribution in [2.24, 2.45) is 0 Å². The Morgan fingerprint density at radius 2 is 2.31 bits per heavy atom. The highest BCUT2D eigenvalue weighted by atomic mass is 16.4. The van der Waals surface area contributed by atoms with Gasteiger partial charge in [-0.3, -0.25) is 0 Å². The molecule has 72 valence electrons. The number of rotatable bonds is 2. The highest BCUT2D eigenvalue weighted by molar-refractivity contribution is 5.19. The fourth-order valence-electron chi connectivity index (χ4n) is 1.44. The van der Waals surface area contributed by atoms with Crippen LogP contribution in [0.15, 0.2) is 4.42 Å². The van der Waals surface area contributed by atoms with Crippen LogP contribution in [0, 0.1) is 0 Å². The third-order valence-electron chi connectivity index (χ3n) is 2.17. The summed E-state index contributed by atoms with van der Waals surface area (Å²) in [7, 11) is 3.78. The van der Waals surface area contributed by atoms with Gasteiger partial charge in [-0.15, -0.1) is 5.10 Å². The van der Waals surface area contributed by atoms with Crippen LogP contribution in [-0.2, 0) is 0 Å². The van der Waals surface area contributed by atoms with Crippen molar-refractivity contribution in [3.05, 3.63) is 5.89 Å². The predicted octanol–water partition coefficient (Wildman–Crippen LogP) is 0.560. The number of nitrogens with one attached hydrogen (secondary N) is 1. The Kier molecular flexibility index (Phi) is 2.18. The van der Waals surface area contributed by atoms with E-state index >= 15 is 0 Å². The number of hydrogen-bond donors (Lipinski definition) is 1. The van der Waals surface area contributed by atoms with E-state index in [1.165, 1.54) is 6.42 Å². The number of nitrogens with zero attached hydrogens (tertiary/aromatic N) is 3. The van der Waals surface area contributed by atoms with Crippen molar-refractivity contribution in [3.8, 4) is 0 Å². The van der Waals surface area contributed by atoms with E-state index in [1.54, 1.807) is 0 Å². The van der Waals surface area contributed by atoms with Gasteiger partial charge in [-0.1, -0.05) is 5.10 Å². The molecule has 0 amide bonds. The summed E-state index contributed by atoms with van der Waals surface area (Å²) in [6, 6.07) is 0.838. The van der Waals surface area contributed by atoms with Crippen molar-refractivity contribution >= 4 is 6.01 Å². The smallest absolute Gasteiger partial charge is 0.317 e. The molecular weight excluding hydrogens is 168 g/mol. The molecule has 0 aliphatic carbocycles. The molecule has 2 heterocycles. The molecule has 13 heavy (non-hydrogen) atoms. The lowest BCUT2D eigenvalue weighted by atomic mass is 10.2. The van der Waals surface area contributed by atoms with Crippen molar-refractivity contribution in [3.63, 3.8) is 0 Å². The lowest BCUT2D eigenvalue weighted by Crippen LogP contribution is -2.13. The Balaban J connectivity index is 2.12. The van der Waals surface area contributed by atoms with Crippen LogP contribution in [0.4, 0.5) is 6.01 Å². The van der Waals surface area contributed by atoms with E-state index in [-0.39, 0.29) is 6.04 Å². The number of anilines is 1. The first-order valence-electron chi connectivity index (χ1n) is 4.51. The summed E-state index contributed by atoms with van der Waals surface area (Å²) in [5, 5.41) is 11.2. The van der Waals surface area contributed by atoms with E-state index in [0.29, 0.717) is 11.9 Å². The Labute approximate surface area is 77.1 Å². The van der Waals surface area contributed by atoms with Crippen LogP contribution in [0.5, 0.6) is 0 Å². The molecule has 1 fully saturated rings. The van der Waals surface area contributed by atoms with Gasteiger partial charge in [-0.05, 0) is 19.4 Å². The summed E-state index contributed by atoms with van der Waals surface area (Å²) in [4.78, 5) is 1.81. The van der Waals surface area contributed by atoms with Crippen molar-refractivity contribution < 1.29 is 4.42 Å². The van der Waals surface area contributed by atoms with Crippen LogP contribution < -0.4 is 10.2 Å². The quantitative estimate of drug-likeness (QED) is 0.724. The summed E-state index contributed by atoms with van der Waals surface area (Å²) in [6.45, 7) is 1.05. The minimum absolute atomic E-state index is 0.265. The van der Waals surface area contributed by atoms with Crippen LogP contribution >= 0.6 is 0 Å². The van der Waals surface area contributed by atoms with Gasteiger partial charge in [-0.2, -0.15) is 0 Å². The zero-order chi connectivity index (χ0) is 9.26. The molecule has 1 unspecified atom stereocenters. The largest absolute Gasteiger partial charge is 0.406 e. The molecule has 5 heteroatoms. The SMILES string of the molecule is CN(C)c1nnc(C2CCCN2)o1. The predicted molar refractivity (Wildman–Crippen MR) is 48.6 cm³/mol. The van der Waals surface area contributed by atoms with Crippen LogP contribution in [0.25, 0.3) is 0 Å². The van der Waals surface area contributed by atoms with Gasteiger partial charge >= 0.3 is 6.01 Å². The van der Waals surface area contributed by atoms with Crippen molar-refractivity contribution in [2.75, 3.05) is 25.5 Å². The monoisotopic (exact) mass is 182 g/mol. The molecule has 1 aliphatic heterocycles. The van der Waals surface area contributed by atoms with E-state index in [2.05, 4.69) is 15.5 Å². The zero-order valence-corrected chi connectivity index (χ0v) is 7.95. The Hall–Kier alpha value is -1.10. The minimum Gasteiger partial charge on any atom is -0.406 e. The van der Waals surface area contributed by atoms with E-state index < -0.39 is 0 Å². The average Bonchev–Trinajstić information content (AvgIpc) is 2.75. The fraction of sp³-hybridized carbons (Fsp3) is 0.750. The zero-order valence-electron chi connectivity index (χ0n) is 7.95. The van der Waals surface area contributed by atoms with Gasteiger partial charge in [0.2, 0.25) is 5.89 Å². The van der Waals surface area contributed by atoms with Gasteiger partial charge in [0, 0.05) is 14.1 Å². The van der Waals surface area contributed by atoms with E-state index in [9.17, 15) is 0 Å². The van der Waals surface area contributed by atoms with Crippen LogP contribution in [0.2, 0.25) is 0 Å². The molecule has 0 saturated carbocycles.